The molecule has 16 heavy (non-hydrogen) atoms. The first-order chi connectivity index (χ1) is 7.63. The molecular formula is C10H9ClFN3O. The number of hydrogen-bond acceptors (Lipinski definition) is 3. The molecule has 1 heterocycles. The van der Waals surface area contributed by atoms with Crippen molar-refractivity contribution in [2.24, 2.45) is 10.8 Å². The molecule has 0 saturated carbocycles. The number of carbonyl (C=O) groups is 1. The maximum Gasteiger partial charge on any atom is 0.253 e. The Morgan fingerprint density at radius 3 is 2.88 bits per heavy atom. The molecule has 0 atom stereocenters. The average Bonchev–Trinajstić information content (AvgIpc) is 2.60. The smallest absolute Gasteiger partial charge is 0.253 e. The minimum atomic E-state index is -0.581. The number of para-hydroxylation sites is 1. The van der Waals surface area contributed by atoms with Crippen LogP contribution in [0.1, 0.15) is 6.42 Å². The molecule has 6 heteroatoms. The zero-order chi connectivity index (χ0) is 11.7. The number of rotatable bonds is 2. The summed E-state index contributed by atoms with van der Waals surface area (Å²) < 4.78 is 13.5. The fraction of sp³-hybridized carbons (Fsp3) is 0.200. The molecule has 0 bridgehead atoms. The van der Waals surface area contributed by atoms with Crippen LogP contribution in [0, 0.1) is 5.82 Å². The van der Waals surface area contributed by atoms with Crippen molar-refractivity contribution in [3.8, 4) is 0 Å². The van der Waals surface area contributed by atoms with E-state index < -0.39 is 5.82 Å². The predicted molar refractivity (Wildman–Crippen MR) is 60.0 cm³/mol. The van der Waals surface area contributed by atoms with Gasteiger partial charge in [-0.25, -0.2) is 4.39 Å². The zero-order valence-electron chi connectivity index (χ0n) is 8.28. The van der Waals surface area contributed by atoms with E-state index in [1.807, 2.05) is 0 Å². The minimum absolute atomic E-state index is 0.0161. The Balaban J connectivity index is 2.45. The van der Waals surface area contributed by atoms with Crippen molar-refractivity contribution in [3.05, 3.63) is 29.0 Å². The molecule has 0 aliphatic carbocycles. The molecule has 1 aromatic rings. The fourth-order valence-electron chi connectivity index (χ4n) is 1.46. The standard InChI is InChI=1S/C10H9ClFN3O/c11-7-2-1-3-8(12)10(7)15-9(16)4-6(5-13)14-15/h1-3H,4-5,13H2. The van der Waals surface area contributed by atoms with Crippen LogP contribution in [0.3, 0.4) is 0 Å². The van der Waals surface area contributed by atoms with Crippen molar-refractivity contribution in [2.75, 3.05) is 11.6 Å². The lowest BCUT2D eigenvalue weighted by molar-refractivity contribution is -0.116. The van der Waals surface area contributed by atoms with Crippen LogP contribution in [0.15, 0.2) is 23.3 Å². The Bertz CT molecular complexity index is 455. The van der Waals surface area contributed by atoms with Gasteiger partial charge in [-0.15, -0.1) is 0 Å². The summed E-state index contributed by atoms with van der Waals surface area (Å²) in [7, 11) is 0. The number of nitrogens with zero attached hydrogens (tertiary/aromatic N) is 2. The van der Waals surface area contributed by atoms with Gasteiger partial charge in [0, 0.05) is 6.54 Å². The van der Waals surface area contributed by atoms with E-state index in [2.05, 4.69) is 5.10 Å². The van der Waals surface area contributed by atoms with Gasteiger partial charge < -0.3 is 5.73 Å². The Labute approximate surface area is 96.5 Å². The number of amides is 1. The third-order valence-corrected chi connectivity index (χ3v) is 2.52. The Morgan fingerprint density at radius 2 is 2.31 bits per heavy atom. The first-order valence-electron chi connectivity index (χ1n) is 4.67. The third-order valence-electron chi connectivity index (χ3n) is 2.22. The van der Waals surface area contributed by atoms with Crippen molar-refractivity contribution in [2.45, 2.75) is 6.42 Å². The molecule has 0 saturated heterocycles. The Morgan fingerprint density at radius 1 is 1.56 bits per heavy atom. The first-order valence-corrected chi connectivity index (χ1v) is 5.04. The van der Waals surface area contributed by atoms with Crippen LogP contribution in [-0.4, -0.2) is 18.2 Å². The maximum atomic E-state index is 13.5. The summed E-state index contributed by atoms with van der Waals surface area (Å²) >= 11 is 5.83. The van der Waals surface area contributed by atoms with Gasteiger partial charge in [0.05, 0.1) is 17.2 Å². The van der Waals surface area contributed by atoms with Crippen molar-refractivity contribution in [1.29, 1.82) is 0 Å². The summed E-state index contributed by atoms with van der Waals surface area (Å²) in [6, 6.07) is 4.20. The van der Waals surface area contributed by atoms with Gasteiger partial charge in [-0.05, 0) is 12.1 Å². The molecule has 1 aromatic carbocycles. The van der Waals surface area contributed by atoms with Crippen molar-refractivity contribution in [1.82, 2.24) is 0 Å². The number of halogens is 2. The van der Waals surface area contributed by atoms with Crippen LogP contribution in [0.5, 0.6) is 0 Å². The van der Waals surface area contributed by atoms with Crippen molar-refractivity contribution in [3.63, 3.8) is 0 Å². The van der Waals surface area contributed by atoms with Crippen LogP contribution in [0.2, 0.25) is 5.02 Å². The number of benzene rings is 1. The molecule has 84 valence electrons. The Kier molecular flexibility index (Phi) is 2.89. The number of hydrazone groups is 1. The van der Waals surface area contributed by atoms with Gasteiger partial charge in [0.2, 0.25) is 0 Å². The van der Waals surface area contributed by atoms with Gasteiger partial charge >= 0.3 is 0 Å². The molecule has 0 aromatic heterocycles. The fourth-order valence-corrected chi connectivity index (χ4v) is 1.70. The summed E-state index contributed by atoms with van der Waals surface area (Å²) in [5.74, 6) is -0.907. The average molecular weight is 242 g/mol. The van der Waals surface area contributed by atoms with E-state index in [-0.39, 0.29) is 29.6 Å². The summed E-state index contributed by atoms with van der Waals surface area (Å²) in [5, 5.41) is 5.05. The maximum absolute atomic E-state index is 13.5. The van der Waals surface area contributed by atoms with Crippen LogP contribution in [0.4, 0.5) is 10.1 Å². The van der Waals surface area contributed by atoms with Crippen molar-refractivity contribution < 1.29 is 9.18 Å². The van der Waals surface area contributed by atoms with Crippen LogP contribution >= 0.6 is 11.6 Å². The van der Waals surface area contributed by atoms with Crippen molar-refractivity contribution >= 4 is 28.9 Å². The van der Waals surface area contributed by atoms with Gasteiger partial charge in [-0.3, -0.25) is 4.79 Å². The van der Waals surface area contributed by atoms with Crippen LogP contribution in [-0.2, 0) is 4.79 Å². The highest BCUT2D eigenvalue weighted by atomic mass is 35.5. The molecule has 0 unspecified atom stereocenters. The van der Waals surface area contributed by atoms with Crippen LogP contribution in [0.25, 0.3) is 0 Å². The Hall–Kier alpha value is -1.46. The van der Waals surface area contributed by atoms with Gasteiger partial charge in [0.1, 0.15) is 5.69 Å². The number of carbonyl (C=O) groups excluding carboxylic acids is 1. The van der Waals surface area contributed by atoms with E-state index in [9.17, 15) is 9.18 Å². The summed E-state index contributed by atoms with van der Waals surface area (Å²) in [4.78, 5) is 11.6. The molecule has 4 nitrogen and oxygen atoms in total. The van der Waals surface area contributed by atoms with E-state index in [0.29, 0.717) is 5.71 Å². The number of nitrogens with two attached hydrogens (primary N) is 1. The second kappa shape index (κ2) is 4.19. The normalized spacial score (nSPS) is 15.6. The molecule has 1 aliphatic heterocycles. The van der Waals surface area contributed by atoms with Gasteiger partial charge in [-0.2, -0.15) is 10.1 Å². The van der Waals surface area contributed by atoms with Gasteiger partial charge in [-0.1, -0.05) is 17.7 Å². The van der Waals surface area contributed by atoms with E-state index in [1.54, 1.807) is 0 Å². The minimum Gasteiger partial charge on any atom is -0.325 e. The monoisotopic (exact) mass is 241 g/mol. The van der Waals surface area contributed by atoms with E-state index in [1.165, 1.54) is 18.2 Å². The zero-order valence-corrected chi connectivity index (χ0v) is 9.04. The SMILES string of the molecule is NCC1=NN(c2c(F)cccc2Cl)C(=O)C1. The highest BCUT2D eigenvalue weighted by Crippen LogP contribution is 2.31. The quantitative estimate of drug-likeness (QED) is 0.854. The lowest BCUT2D eigenvalue weighted by Crippen LogP contribution is -2.21. The van der Waals surface area contributed by atoms with E-state index in [0.717, 1.165) is 5.01 Å². The first kappa shape index (κ1) is 11.0. The topological polar surface area (TPSA) is 58.7 Å². The second-order valence-electron chi connectivity index (χ2n) is 3.32. The van der Waals surface area contributed by atoms with Gasteiger partial charge in [0.25, 0.3) is 5.91 Å². The largest absolute Gasteiger partial charge is 0.325 e. The molecular weight excluding hydrogens is 233 g/mol. The second-order valence-corrected chi connectivity index (χ2v) is 3.73. The van der Waals surface area contributed by atoms with E-state index in [4.69, 9.17) is 17.3 Å². The summed E-state index contributed by atoms with van der Waals surface area (Å²) in [6.45, 7) is 0.175. The summed E-state index contributed by atoms with van der Waals surface area (Å²) in [6.07, 6.45) is 0.112. The molecule has 2 rings (SSSR count). The predicted octanol–water partition coefficient (Wildman–Crippen LogP) is 1.53. The lowest BCUT2D eigenvalue weighted by atomic mass is 10.2. The molecule has 1 aliphatic rings. The molecule has 0 spiro atoms. The highest BCUT2D eigenvalue weighted by Gasteiger charge is 2.28. The molecule has 2 N–H and O–H groups in total. The highest BCUT2D eigenvalue weighted by molar-refractivity contribution is 6.34. The van der Waals surface area contributed by atoms with Gasteiger partial charge in [0.15, 0.2) is 5.82 Å². The number of hydrogen-bond donors (Lipinski definition) is 1. The summed E-state index contributed by atoms with van der Waals surface area (Å²) in [5.41, 5.74) is 5.88. The lowest BCUT2D eigenvalue weighted by Gasteiger charge is -2.13. The van der Waals surface area contributed by atoms with E-state index >= 15 is 0 Å². The molecule has 1 amide bonds. The molecule has 0 fully saturated rings. The van der Waals surface area contributed by atoms with Crippen LogP contribution < -0.4 is 10.7 Å². The molecule has 0 radical (unpaired) electrons. The third kappa shape index (κ3) is 1.79. The number of anilines is 1.